The average Bonchev–Trinajstić information content (AvgIpc) is 2.41. The van der Waals surface area contributed by atoms with Crippen molar-refractivity contribution in [3.63, 3.8) is 0 Å². The Kier molecular flexibility index (Phi) is 4.77. The highest BCUT2D eigenvalue weighted by Gasteiger charge is 2.09. The van der Waals surface area contributed by atoms with Crippen molar-refractivity contribution in [2.24, 2.45) is 0 Å². The van der Waals surface area contributed by atoms with Crippen molar-refractivity contribution in [1.82, 2.24) is 4.98 Å². The van der Waals surface area contributed by atoms with E-state index in [1.165, 1.54) is 0 Å². The number of rotatable bonds is 5. The molecular weight excluding hydrogens is 262 g/mol. The first kappa shape index (κ1) is 13.8. The predicted molar refractivity (Wildman–Crippen MR) is 75.5 cm³/mol. The van der Waals surface area contributed by atoms with E-state index in [-0.39, 0.29) is 0 Å². The van der Waals surface area contributed by atoms with Crippen LogP contribution in [0.2, 0.25) is 5.02 Å². The van der Waals surface area contributed by atoms with E-state index >= 15 is 0 Å². The first-order chi connectivity index (χ1) is 9.16. The van der Waals surface area contributed by atoms with Crippen molar-refractivity contribution >= 4 is 11.6 Å². The SMILES string of the molecule is CC(O)c1cc(Cl)ccc1OCCc1cccnc1. The summed E-state index contributed by atoms with van der Waals surface area (Å²) in [5, 5.41) is 10.3. The van der Waals surface area contributed by atoms with Gasteiger partial charge >= 0.3 is 0 Å². The summed E-state index contributed by atoms with van der Waals surface area (Å²) in [7, 11) is 0. The lowest BCUT2D eigenvalue weighted by Crippen LogP contribution is -2.05. The molecule has 0 amide bonds. The lowest BCUT2D eigenvalue weighted by molar-refractivity contribution is 0.191. The summed E-state index contributed by atoms with van der Waals surface area (Å²) in [4.78, 5) is 4.05. The molecule has 100 valence electrons. The minimum atomic E-state index is -0.605. The van der Waals surface area contributed by atoms with Gasteiger partial charge in [-0.05, 0) is 36.8 Å². The van der Waals surface area contributed by atoms with Crippen LogP contribution in [0, 0.1) is 0 Å². The Morgan fingerprint density at radius 3 is 2.89 bits per heavy atom. The summed E-state index contributed by atoms with van der Waals surface area (Å²) in [6, 6.07) is 9.18. The van der Waals surface area contributed by atoms with Crippen molar-refractivity contribution in [2.45, 2.75) is 19.4 Å². The van der Waals surface area contributed by atoms with Crippen molar-refractivity contribution in [2.75, 3.05) is 6.61 Å². The number of halogens is 1. The maximum absolute atomic E-state index is 9.70. The van der Waals surface area contributed by atoms with Gasteiger partial charge in [-0.1, -0.05) is 17.7 Å². The number of benzene rings is 1. The number of hydrogen-bond acceptors (Lipinski definition) is 3. The monoisotopic (exact) mass is 277 g/mol. The number of nitrogens with zero attached hydrogens (tertiary/aromatic N) is 1. The van der Waals surface area contributed by atoms with Gasteiger partial charge in [-0.25, -0.2) is 0 Å². The Morgan fingerprint density at radius 2 is 2.21 bits per heavy atom. The van der Waals surface area contributed by atoms with Crippen LogP contribution in [0.15, 0.2) is 42.7 Å². The van der Waals surface area contributed by atoms with Gasteiger partial charge in [-0.3, -0.25) is 4.98 Å². The van der Waals surface area contributed by atoms with Crippen molar-refractivity contribution < 1.29 is 9.84 Å². The zero-order chi connectivity index (χ0) is 13.7. The van der Waals surface area contributed by atoms with E-state index in [0.717, 1.165) is 12.0 Å². The third-order valence-electron chi connectivity index (χ3n) is 2.79. The second-order valence-electron chi connectivity index (χ2n) is 4.32. The first-order valence-corrected chi connectivity index (χ1v) is 6.54. The molecule has 0 spiro atoms. The second kappa shape index (κ2) is 6.55. The molecule has 4 heteroatoms. The van der Waals surface area contributed by atoms with E-state index in [2.05, 4.69) is 4.98 Å². The molecule has 0 aliphatic heterocycles. The number of aromatic nitrogens is 1. The lowest BCUT2D eigenvalue weighted by atomic mass is 10.1. The average molecular weight is 278 g/mol. The van der Waals surface area contributed by atoms with E-state index in [4.69, 9.17) is 16.3 Å². The molecule has 3 nitrogen and oxygen atoms in total. The smallest absolute Gasteiger partial charge is 0.125 e. The van der Waals surface area contributed by atoms with Gasteiger partial charge in [0.15, 0.2) is 0 Å². The highest BCUT2D eigenvalue weighted by molar-refractivity contribution is 6.30. The van der Waals surface area contributed by atoms with Gasteiger partial charge in [0.2, 0.25) is 0 Å². The fourth-order valence-corrected chi connectivity index (χ4v) is 1.98. The van der Waals surface area contributed by atoms with Crippen LogP contribution in [0.25, 0.3) is 0 Å². The molecule has 0 bridgehead atoms. The molecule has 1 N–H and O–H groups in total. The van der Waals surface area contributed by atoms with Crippen LogP contribution in [-0.2, 0) is 6.42 Å². The predicted octanol–water partition coefficient (Wildman–Crippen LogP) is 3.41. The third kappa shape index (κ3) is 3.94. The Hall–Kier alpha value is -1.58. The van der Waals surface area contributed by atoms with Gasteiger partial charge in [0.05, 0.1) is 12.7 Å². The van der Waals surface area contributed by atoms with Crippen molar-refractivity contribution in [1.29, 1.82) is 0 Å². The second-order valence-corrected chi connectivity index (χ2v) is 4.75. The topological polar surface area (TPSA) is 42.4 Å². The van der Waals surface area contributed by atoms with E-state index in [9.17, 15) is 5.11 Å². The molecule has 0 radical (unpaired) electrons. The van der Waals surface area contributed by atoms with Crippen LogP contribution in [0.1, 0.15) is 24.2 Å². The van der Waals surface area contributed by atoms with Crippen LogP contribution in [0.3, 0.4) is 0 Å². The lowest BCUT2D eigenvalue weighted by Gasteiger charge is -2.13. The Balaban J connectivity index is 2.00. The third-order valence-corrected chi connectivity index (χ3v) is 3.03. The zero-order valence-electron chi connectivity index (χ0n) is 10.7. The number of pyridine rings is 1. The molecule has 0 fully saturated rings. The van der Waals surface area contributed by atoms with E-state index in [1.807, 2.05) is 18.3 Å². The maximum atomic E-state index is 9.70. The molecule has 0 saturated carbocycles. The molecule has 2 aromatic rings. The molecule has 2 rings (SSSR count). The summed E-state index contributed by atoms with van der Waals surface area (Å²) in [5.41, 5.74) is 1.83. The van der Waals surface area contributed by atoms with Crippen LogP contribution in [0.4, 0.5) is 0 Å². The van der Waals surface area contributed by atoms with Gasteiger partial charge < -0.3 is 9.84 Å². The molecule has 1 aromatic carbocycles. The fourth-order valence-electron chi connectivity index (χ4n) is 1.80. The van der Waals surface area contributed by atoms with Gasteiger partial charge in [0, 0.05) is 29.4 Å². The van der Waals surface area contributed by atoms with Gasteiger partial charge in [-0.15, -0.1) is 0 Å². The first-order valence-electron chi connectivity index (χ1n) is 6.16. The summed E-state index contributed by atoms with van der Waals surface area (Å²) < 4.78 is 5.71. The molecule has 1 heterocycles. The molecule has 0 saturated heterocycles. The Labute approximate surface area is 117 Å². The number of aliphatic hydroxyl groups is 1. The van der Waals surface area contributed by atoms with Crippen molar-refractivity contribution in [3.05, 3.63) is 58.9 Å². The molecule has 1 aromatic heterocycles. The van der Waals surface area contributed by atoms with Gasteiger partial charge in [-0.2, -0.15) is 0 Å². The summed E-state index contributed by atoms with van der Waals surface area (Å²) >= 11 is 5.92. The Bertz CT molecular complexity index is 529. The van der Waals surface area contributed by atoms with Crippen LogP contribution in [-0.4, -0.2) is 16.7 Å². The normalized spacial score (nSPS) is 12.2. The molecule has 0 aliphatic carbocycles. The zero-order valence-corrected chi connectivity index (χ0v) is 11.5. The van der Waals surface area contributed by atoms with Gasteiger partial charge in [0.1, 0.15) is 5.75 Å². The van der Waals surface area contributed by atoms with Crippen molar-refractivity contribution in [3.8, 4) is 5.75 Å². The minimum absolute atomic E-state index is 0.535. The summed E-state index contributed by atoms with van der Waals surface area (Å²) in [6.45, 7) is 2.23. The van der Waals surface area contributed by atoms with E-state index < -0.39 is 6.10 Å². The minimum Gasteiger partial charge on any atom is -0.493 e. The molecule has 1 atom stereocenters. The van der Waals surface area contributed by atoms with Gasteiger partial charge in [0.25, 0.3) is 0 Å². The number of aliphatic hydroxyl groups excluding tert-OH is 1. The quantitative estimate of drug-likeness (QED) is 0.911. The number of ether oxygens (including phenoxy) is 1. The van der Waals surface area contributed by atoms with Crippen LogP contribution < -0.4 is 4.74 Å². The Morgan fingerprint density at radius 1 is 1.37 bits per heavy atom. The summed E-state index contributed by atoms with van der Waals surface area (Å²) in [5.74, 6) is 0.670. The highest BCUT2D eigenvalue weighted by atomic mass is 35.5. The summed E-state index contributed by atoms with van der Waals surface area (Å²) in [6.07, 6.45) is 3.73. The largest absolute Gasteiger partial charge is 0.493 e. The van der Waals surface area contributed by atoms with Crippen LogP contribution >= 0.6 is 11.6 Å². The fraction of sp³-hybridized carbons (Fsp3) is 0.267. The maximum Gasteiger partial charge on any atom is 0.125 e. The molecular formula is C15H16ClNO2. The molecule has 1 unspecified atom stereocenters. The van der Waals surface area contributed by atoms with Crippen LogP contribution in [0.5, 0.6) is 5.75 Å². The standard InChI is InChI=1S/C15H16ClNO2/c1-11(18)14-9-13(16)4-5-15(14)19-8-6-12-3-2-7-17-10-12/h2-5,7,9-11,18H,6,8H2,1H3. The molecule has 0 aliphatic rings. The highest BCUT2D eigenvalue weighted by Crippen LogP contribution is 2.28. The molecule has 19 heavy (non-hydrogen) atoms. The van der Waals surface area contributed by atoms with E-state index in [1.54, 1.807) is 31.3 Å². The van der Waals surface area contributed by atoms with E-state index in [0.29, 0.717) is 22.9 Å². The number of hydrogen-bond donors (Lipinski definition) is 1.